The van der Waals surface area contributed by atoms with E-state index in [1.54, 1.807) is 0 Å². The molecule has 0 N–H and O–H groups in total. The van der Waals surface area contributed by atoms with E-state index in [-0.39, 0.29) is 31.1 Å². The van der Waals surface area contributed by atoms with Crippen molar-refractivity contribution < 1.29 is 28.6 Å². The fourth-order valence-corrected chi connectivity index (χ4v) is 7.54. The van der Waals surface area contributed by atoms with Crippen molar-refractivity contribution in [2.24, 2.45) is 0 Å². The van der Waals surface area contributed by atoms with Crippen LogP contribution in [0.2, 0.25) is 0 Å². The minimum atomic E-state index is -0.800. The summed E-state index contributed by atoms with van der Waals surface area (Å²) in [6.45, 7) is 6.35. The molecule has 0 aromatic carbocycles. The molecule has 0 radical (unpaired) electrons. The highest BCUT2D eigenvalue weighted by Gasteiger charge is 2.19. The van der Waals surface area contributed by atoms with Crippen LogP contribution in [0.25, 0.3) is 0 Å². The zero-order valence-corrected chi connectivity index (χ0v) is 44.8. The molecule has 0 aliphatic rings. The van der Waals surface area contributed by atoms with E-state index in [4.69, 9.17) is 14.2 Å². The number of carbonyl (C=O) groups excluding carboxylic acids is 3. The molecular weight excluding hydrogens is 853 g/mol. The zero-order valence-electron chi connectivity index (χ0n) is 44.8. The molecule has 0 amide bonds. The second-order valence-corrected chi connectivity index (χ2v) is 18.4. The molecule has 0 aromatic rings. The Kier molecular flexibility index (Phi) is 53.4. The maximum atomic E-state index is 12.9. The van der Waals surface area contributed by atoms with Crippen LogP contribution in [0.3, 0.4) is 0 Å². The molecule has 0 heterocycles. The lowest BCUT2D eigenvalue weighted by atomic mass is 10.1. The summed E-state index contributed by atoms with van der Waals surface area (Å²) < 4.78 is 16.8. The van der Waals surface area contributed by atoms with E-state index >= 15 is 0 Å². The van der Waals surface area contributed by atoms with Crippen molar-refractivity contribution in [3.63, 3.8) is 0 Å². The van der Waals surface area contributed by atoms with Crippen LogP contribution >= 0.6 is 0 Å². The van der Waals surface area contributed by atoms with Crippen LogP contribution in [0.15, 0.2) is 109 Å². The van der Waals surface area contributed by atoms with Gasteiger partial charge in [-0.15, -0.1) is 0 Å². The molecule has 6 heteroatoms. The Morgan fingerprint density at radius 2 is 0.565 bits per heavy atom. The van der Waals surface area contributed by atoms with Gasteiger partial charge in [-0.1, -0.05) is 220 Å². The number of allylic oxidation sites excluding steroid dienone is 18. The van der Waals surface area contributed by atoms with Crippen LogP contribution in [-0.2, 0) is 28.6 Å². The van der Waals surface area contributed by atoms with Gasteiger partial charge in [-0.3, -0.25) is 14.4 Å². The zero-order chi connectivity index (χ0) is 50.0. The van der Waals surface area contributed by atoms with Crippen molar-refractivity contribution in [2.45, 2.75) is 258 Å². The Balaban J connectivity index is 4.47. The molecule has 0 rings (SSSR count). The first kappa shape index (κ1) is 65.1. The molecule has 0 saturated heterocycles. The van der Waals surface area contributed by atoms with Gasteiger partial charge in [0.25, 0.3) is 0 Å². The summed E-state index contributed by atoms with van der Waals surface area (Å²) in [6.07, 6.45) is 76.4. The predicted molar refractivity (Wildman–Crippen MR) is 297 cm³/mol. The van der Waals surface area contributed by atoms with Gasteiger partial charge >= 0.3 is 17.9 Å². The van der Waals surface area contributed by atoms with Crippen molar-refractivity contribution >= 4 is 17.9 Å². The minimum absolute atomic E-state index is 0.0983. The molecule has 0 aliphatic heterocycles. The number of hydrogen-bond donors (Lipinski definition) is 0. The summed E-state index contributed by atoms with van der Waals surface area (Å²) in [7, 11) is 0. The molecule has 6 nitrogen and oxygen atoms in total. The summed E-state index contributed by atoms with van der Waals surface area (Å²) in [6, 6.07) is 0. The van der Waals surface area contributed by atoms with E-state index in [1.807, 2.05) is 0 Å². The largest absolute Gasteiger partial charge is 0.462 e. The number of unbranched alkanes of at least 4 members (excludes halogenated alkanes) is 21. The van der Waals surface area contributed by atoms with E-state index < -0.39 is 6.10 Å². The quantitative estimate of drug-likeness (QED) is 0.0262. The monoisotopic (exact) mass is 957 g/mol. The molecule has 0 fully saturated rings. The summed E-state index contributed by atoms with van der Waals surface area (Å²) in [5.41, 5.74) is 0. The SMILES string of the molecule is CC/C=C\C/C=C\C/C=C\C/C=C\CCCCCCC(=O)OC[C@H](COC(=O)CCCCCCC/C=C\C/C=C\C/C=C\CC)OC(=O)CCCCCCCCCCC/C=C\C/C=C\CCCCC. The van der Waals surface area contributed by atoms with Crippen molar-refractivity contribution in [3.8, 4) is 0 Å². The molecule has 0 bridgehead atoms. The van der Waals surface area contributed by atoms with Gasteiger partial charge in [-0.2, -0.15) is 0 Å². The van der Waals surface area contributed by atoms with Gasteiger partial charge in [0, 0.05) is 19.3 Å². The van der Waals surface area contributed by atoms with Crippen LogP contribution in [-0.4, -0.2) is 37.2 Å². The number of hydrogen-bond acceptors (Lipinski definition) is 6. The fourth-order valence-electron chi connectivity index (χ4n) is 7.54. The summed E-state index contributed by atoms with van der Waals surface area (Å²) in [4.78, 5) is 38.2. The average molecular weight is 958 g/mol. The topological polar surface area (TPSA) is 78.9 Å². The third-order valence-electron chi connectivity index (χ3n) is 11.7. The van der Waals surface area contributed by atoms with Gasteiger partial charge in [0.1, 0.15) is 13.2 Å². The summed E-state index contributed by atoms with van der Waals surface area (Å²) in [5, 5.41) is 0. The molecule has 1 atom stereocenters. The van der Waals surface area contributed by atoms with Gasteiger partial charge in [-0.05, 0) is 122 Å². The first-order chi connectivity index (χ1) is 34.0. The maximum Gasteiger partial charge on any atom is 0.306 e. The molecule has 69 heavy (non-hydrogen) atoms. The van der Waals surface area contributed by atoms with Crippen LogP contribution in [0.4, 0.5) is 0 Å². The van der Waals surface area contributed by atoms with Gasteiger partial charge in [-0.25, -0.2) is 0 Å². The van der Waals surface area contributed by atoms with Crippen molar-refractivity contribution in [2.75, 3.05) is 13.2 Å². The molecule has 0 saturated carbocycles. The van der Waals surface area contributed by atoms with Crippen LogP contribution in [0.1, 0.15) is 252 Å². The van der Waals surface area contributed by atoms with Gasteiger partial charge in [0.05, 0.1) is 0 Å². The average Bonchev–Trinajstić information content (AvgIpc) is 3.35. The standard InChI is InChI=1S/C63H104O6/c1-4-7-10-13-16-19-22-25-28-30-31-33-36-39-42-45-48-51-54-57-63(66)69-60(58-67-61(64)55-52-49-46-43-40-37-34-27-24-21-18-15-12-9-6-3)59-68-62(65)56-53-50-47-44-41-38-35-32-29-26-23-20-17-14-11-8-5-2/h8-9,11-12,16-21,25-29,34-35,38,60H,4-7,10,13-15,22-24,30-33,36-37,39-59H2,1-3H3/b11-8-,12-9-,19-16-,20-17-,21-18-,28-25-,29-26-,34-27-,38-35-/t60-/m0/s1. The highest BCUT2D eigenvalue weighted by Crippen LogP contribution is 2.14. The van der Waals surface area contributed by atoms with Gasteiger partial charge < -0.3 is 14.2 Å². The number of carbonyl (C=O) groups is 3. The third-order valence-corrected chi connectivity index (χ3v) is 11.7. The number of esters is 3. The van der Waals surface area contributed by atoms with Crippen LogP contribution < -0.4 is 0 Å². The fraction of sp³-hybridized carbons (Fsp3) is 0.667. The highest BCUT2D eigenvalue weighted by atomic mass is 16.6. The van der Waals surface area contributed by atoms with Gasteiger partial charge in [0.15, 0.2) is 6.10 Å². The van der Waals surface area contributed by atoms with Crippen molar-refractivity contribution in [1.29, 1.82) is 0 Å². The molecular formula is C63H104O6. The van der Waals surface area contributed by atoms with Crippen LogP contribution in [0, 0.1) is 0 Å². The molecule has 0 unspecified atom stereocenters. The molecule has 0 aliphatic carbocycles. The van der Waals surface area contributed by atoms with Gasteiger partial charge in [0.2, 0.25) is 0 Å². The summed E-state index contributed by atoms with van der Waals surface area (Å²) >= 11 is 0. The lowest BCUT2D eigenvalue weighted by Crippen LogP contribution is -2.30. The lowest BCUT2D eigenvalue weighted by molar-refractivity contribution is -0.167. The molecule has 392 valence electrons. The smallest absolute Gasteiger partial charge is 0.306 e. The predicted octanol–water partition coefficient (Wildman–Crippen LogP) is 19.1. The van der Waals surface area contributed by atoms with Crippen molar-refractivity contribution in [3.05, 3.63) is 109 Å². The second kappa shape index (κ2) is 56.7. The first-order valence-electron chi connectivity index (χ1n) is 28.4. The molecule has 0 spiro atoms. The number of ether oxygens (including phenoxy) is 3. The normalized spacial score (nSPS) is 12.9. The Morgan fingerprint density at radius 1 is 0.304 bits per heavy atom. The lowest BCUT2D eigenvalue weighted by Gasteiger charge is -2.18. The first-order valence-corrected chi connectivity index (χ1v) is 28.4. The highest BCUT2D eigenvalue weighted by molar-refractivity contribution is 5.71. The number of rotatable bonds is 50. The molecule has 0 aromatic heterocycles. The van der Waals surface area contributed by atoms with E-state index in [9.17, 15) is 14.4 Å². The van der Waals surface area contributed by atoms with E-state index in [2.05, 4.69) is 130 Å². The Bertz CT molecular complexity index is 1420. The Labute approximate surface area is 425 Å². The Morgan fingerprint density at radius 3 is 0.884 bits per heavy atom. The van der Waals surface area contributed by atoms with E-state index in [1.165, 1.54) is 70.6 Å². The second-order valence-electron chi connectivity index (χ2n) is 18.4. The summed E-state index contributed by atoms with van der Waals surface area (Å²) in [5.74, 6) is -0.942. The van der Waals surface area contributed by atoms with E-state index in [0.717, 1.165) is 141 Å². The third kappa shape index (κ3) is 54.9. The Hall–Kier alpha value is -3.93. The maximum absolute atomic E-state index is 12.9. The van der Waals surface area contributed by atoms with Crippen LogP contribution in [0.5, 0.6) is 0 Å². The minimum Gasteiger partial charge on any atom is -0.462 e. The van der Waals surface area contributed by atoms with E-state index in [0.29, 0.717) is 19.3 Å². The van der Waals surface area contributed by atoms with Crippen molar-refractivity contribution in [1.82, 2.24) is 0 Å².